The van der Waals surface area contributed by atoms with Gasteiger partial charge in [0, 0.05) is 39.9 Å². The summed E-state index contributed by atoms with van der Waals surface area (Å²) in [6.07, 6.45) is 3.09. The Balaban J connectivity index is 1.63. The summed E-state index contributed by atoms with van der Waals surface area (Å²) < 4.78 is 12.5. The molecule has 0 spiro atoms. The molecule has 3 rings (SSSR count). The van der Waals surface area contributed by atoms with Gasteiger partial charge in [-0.25, -0.2) is 4.68 Å². The zero-order chi connectivity index (χ0) is 19.1. The molecule has 1 aliphatic heterocycles. The van der Waals surface area contributed by atoms with E-state index >= 15 is 0 Å². The number of hydrogen-bond acceptors (Lipinski definition) is 5. The van der Waals surface area contributed by atoms with Crippen LogP contribution in [0.1, 0.15) is 30.6 Å². The average Bonchev–Trinajstić information content (AvgIpc) is 3.16. The van der Waals surface area contributed by atoms with Crippen molar-refractivity contribution < 1.29 is 14.3 Å². The molecule has 1 aromatic heterocycles. The lowest BCUT2D eigenvalue weighted by Gasteiger charge is -2.32. The van der Waals surface area contributed by atoms with Crippen molar-refractivity contribution in [2.45, 2.75) is 25.0 Å². The van der Waals surface area contributed by atoms with Crippen LogP contribution in [0.4, 0.5) is 5.82 Å². The van der Waals surface area contributed by atoms with Crippen LogP contribution in [-0.2, 0) is 14.3 Å². The Hall–Kier alpha value is -2.22. The number of nitrogens with one attached hydrogen (secondary N) is 1. The van der Waals surface area contributed by atoms with Crippen molar-refractivity contribution in [1.82, 2.24) is 14.7 Å². The normalized spacial score (nSPS) is 17.0. The van der Waals surface area contributed by atoms with Crippen LogP contribution < -0.4 is 5.32 Å². The number of aromatic nitrogens is 2. The van der Waals surface area contributed by atoms with Crippen LogP contribution in [0.2, 0.25) is 0 Å². The number of piperidine rings is 1. The highest BCUT2D eigenvalue weighted by Crippen LogP contribution is 2.26. The van der Waals surface area contributed by atoms with E-state index in [4.69, 9.17) is 9.47 Å². The maximum Gasteiger partial charge on any atom is 0.259 e. The summed E-state index contributed by atoms with van der Waals surface area (Å²) in [7, 11) is 3.28. The summed E-state index contributed by atoms with van der Waals surface area (Å²) >= 11 is 0. The molecule has 146 valence electrons. The third-order valence-electron chi connectivity index (χ3n) is 5.01. The molecule has 0 aliphatic carbocycles. The van der Waals surface area contributed by atoms with Gasteiger partial charge in [-0.05, 0) is 18.4 Å². The van der Waals surface area contributed by atoms with E-state index in [1.165, 1.54) is 0 Å². The quantitative estimate of drug-likeness (QED) is 0.771. The highest BCUT2D eigenvalue weighted by Gasteiger charge is 2.25. The number of rotatable bonds is 8. The Kier molecular flexibility index (Phi) is 6.98. The molecule has 1 aromatic carbocycles. The van der Waals surface area contributed by atoms with Crippen LogP contribution in [0.15, 0.2) is 42.6 Å². The first-order valence-corrected chi connectivity index (χ1v) is 9.36. The number of amides is 1. The molecule has 7 nitrogen and oxygen atoms in total. The van der Waals surface area contributed by atoms with Crippen molar-refractivity contribution in [1.29, 1.82) is 0 Å². The molecule has 1 atom stereocenters. The van der Waals surface area contributed by atoms with Gasteiger partial charge in [0.25, 0.3) is 5.91 Å². The summed E-state index contributed by atoms with van der Waals surface area (Å²) in [5.41, 5.74) is 0.829. The molecule has 0 saturated carbocycles. The van der Waals surface area contributed by atoms with E-state index in [1.54, 1.807) is 20.4 Å². The van der Waals surface area contributed by atoms with Gasteiger partial charge in [0.1, 0.15) is 5.82 Å². The highest BCUT2D eigenvalue weighted by atomic mass is 16.5. The first kappa shape index (κ1) is 19.5. The van der Waals surface area contributed by atoms with Crippen LogP contribution in [-0.4, -0.2) is 61.0 Å². The molecule has 1 unspecified atom stereocenters. The first-order valence-electron chi connectivity index (χ1n) is 9.36. The van der Waals surface area contributed by atoms with Crippen LogP contribution in [0.5, 0.6) is 0 Å². The Labute approximate surface area is 160 Å². The number of anilines is 1. The lowest BCUT2D eigenvalue weighted by Crippen LogP contribution is -2.37. The summed E-state index contributed by atoms with van der Waals surface area (Å²) in [5.74, 6) is 0.524. The van der Waals surface area contributed by atoms with E-state index < -0.39 is 6.10 Å². The van der Waals surface area contributed by atoms with E-state index in [0.29, 0.717) is 5.82 Å². The minimum absolute atomic E-state index is 0.192. The van der Waals surface area contributed by atoms with E-state index in [2.05, 4.69) is 15.3 Å². The summed E-state index contributed by atoms with van der Waals surface area (Å²) in [6.45, 7) is 3.72. The molecule has 0 bridgehead atoms. The topological polar surface area (TPSA) is 68.6 Å². The van der Waals surface area contributed by atoms with E-state index in [9.17, 15) is 4.79 Å². The molecule has 27 heavy (non-hydrogen) atoms. The average molecular weight is 372 g/mol. The Morgan fingerprint density at radius 1 is 1.22 bits per heavy atom. The number of carbonyl (C=O) groups excluding carboxylic acids is 1. The Morgan fingerprint density at radius 3 is 2.63 bits per heavy atom. The fourth-order valence-corrected chi connectivity index (χ4v) is 3.53. The van der Waals surface area contributed by atoms with Crippen molar-refractivity contribution in [3.8, 4) is 0 Å². The van der Waals surface area contributed by atoms with Crippen molar-refractivity contribution >= 4 is 11.7 Å². The largest absolute Gasteiger partial charge is 0.383 e. The maximum absolute atomic E-state index is 12.7. The predicted octanol–water partition coefficient (Wildman–Crippen LogP) is 2.49. The first-order chi connectivity index (χ1) is 13.2. The molecule has 0 radical (unpaired) electrons. The van der Waals surface area contributed by atoms with Gasteiger partial charge in [-0.1, -0.05) is 30.3 Å². The van der Waals surface area contributed by atoms with Crippen LogP contribution in [0.25, 0.3) is 0 Å². The number of benzene rings is 1. The second-order valence-electron chi connectivity index (χ2n) is 6.74. The zero-order valence-electron chi connectivity index (χ0n) is 16.0. The van der Waals surface area contributed by atoms with Gasteiger partial charge >= 0.3 is 0 Å². The van der Waals surface area contributed by atoms with Gasteiger partial charge in [-0.15, -0.1) is 0 Å². The smallest absolute Gasteiger partial charge is 0.259 e. The summed E-state index contributed by atoms with van der Waals surface area (Å²) in [6, 6.07) is 11.6. The number of likely N-dealkylation sites (tertiary alicyclic amines) is 1. The third-order valence-corrected chi connectivity index (χ3v) is 5.01. The summed E-state index contributed by atoms with van der Waals surface area (Å²) in [5, 5.41) is 7.44. The number of methoxy groups -OCH3 is 2. The van der Waals surface area contributed by atoms with Gasteiger partial charge < -0.3 is 19.7 Å². The minimum Gasteiger partial charge on any atom is -0.383 e. The van der Waals surface area contributed by atoms with Crippen LogP contribution >= 0.6 is 0 Å². The molecule has 1 fully saturated rings. The number of ether oxygens (including phenoxy) is 2. The van der Waals surface area contributed by atoms with Gasteiger partial charge in [-0.2, -0.15) is 5.10 Å². The van der Waals surface area contributed by atoms with Gasteiger partial charge in [-0.3, -0.25) is 4.79 Å². The van der Waals surface area contributed by atoms with E-state index in [-0.39, 0.29) is 11.9 Å². The second-order valence-corrected chi connectivity index (χ2v) is 6.74. The SMILES string of the molecule is COCCN1CCC(n2nccc2NC(=O)C(OC)c2ccccc2)CC1. The molecule has 1 amide bonds. The second kappa shape index (κ2) is 9.64. The fraction of sp³-hybridized carbons (Fsp3) is 0.500. The molecule has 1 saturated heterocycles. The standard InChI is InChI=1S/C20H28N4O3/c1-26-15-14-23-12-9-17(10-13-23)24-18(8-11-21-24)22-20(25)19(27-2)16-6-4-3-5-7-16/h3-8,11,17,19H,9-10,12-15H2,1-2H3,(H,22,25). The van der Waals surface area contributed by atoms with Gasteiger partial charge in [0.15, 0.2) is 6.10 Å². The lowest BCUT2D eigenvalue weighted by atomic mass is 10.1. The fourth-order valence-electron chi connectivity index (χ4n) is 3.53. The molecule has 1 aliphatic rings. The number of nitrogens with zero attached hydrogens (tertiary/aromatic N) is 3. The molecule has 2 heterocycles. The Bertz CT molecular complexity index is 711. The highest BCUT2D eigenvalue weighted by molar-refractivity contribution is 5.94. The van der Waals surface area contributed by atoms with E-state index in [1.807, 2.05) is 41.1 Å². The van der Waals surface area contributed by atoms with Crippen LogP contribution in [0, 0.1) is 0 Å². The predicted molar refractivity (Wildman–Crippen MR) is 104 cm³/mol. The van der Waals surface area contributed by atoms with Crippen LogP contribution in [0.3, 0.4) is 0 Å². The summed E-state index contributed by atoms with van der Waals surface area (Å²) in [4.78, 5) is 15.1. The minimum atomic E-state index is -0.648. The molecule has 7 heteroatoms. The lowest BCUT2D eigenvalue weighted by molar-refractivity contribution is -0.126. The monoisotopic (exact) mass is 372 g/mol. The Morgan fingerprint density at radius 2 is 1.96 bits per heavy atom. The van der Waals surface area contributed by atoms with Gasteiger partial charge in [0.2, 0.25) is 0 Å². The molecule has 1 N–H and O–H groups in total. The van der Waals surface area contributed by atoms with Crippen molar-refractivity contribution in [3.63, 3.8) is 0 Å². The zero-order valence-corrected chi connectivity index (χ0v) is 16.0. The van der Waals surface area contributed by atoms with Crippen molar-refractivity contribution in [3.05, 3.63) is 48.2 Å². The third kappa shape index (κ3) is 4.94. The molecular weight excluding hydrogens is 344 g/mol. The van der Waals surface area contributed by atoms with Crippen molar-refractivity contribution in [2.75, 3.05) is 45.8 Å². The van der Waals surface area contributed by atoms with Gasteiger partial charge in [0.05, 0.1) is 18.8 Å². The van der Waals surface area contributed by atoms with E-state index in [0.717, 1.165) is 44.6 Å². The maximum atomic E-state index is 12.7. The number of hydrogen-bond donors (Lipinski definition) is 1. The van der Waals surface area contributed by atoms with Crippen molar-refractivity contribution in [2.24, 2.45) is 0 Å². The molecular formula is C20H28N4O3. The number of carbonyl (C=O) groups is 1. The molecule has 2 aromatic rings.